The van der Waals surface area contributed by atoms with E-state index < -0.39 is 12.0 Å². The number of aryl methyl sites for hydroxylation is 1. The van der Waals surface area contributed by atoms with E-state index in [1.807, 2.05) is 0 Å². The zero-order valence-electron chi connectivity index (χ0n) is 14.9. The summed E-state index contributed by atoms with van der Waals surface area (Å²) in [5, 5.41) is 11.0. The van der Waals surface area contributed by atoms with Crippen LogP contribution in [0, 0.1) is 6.92 Å². The summed E-state index contributed by atoms with van der Waals surface area (Å²) in [6.45, 7) is 1.98. The summed E-state index contributed by atoms with van der Waals surface area (Å²) in [6, 6.07) is 8.57. The molecule has 0 unspecified atom stereocenters. The Balaban J connectivity index is 1.48. The molecule has 3 aromatic heterocycles. The molecular formula is C17H13ClF3N7O. The fraction of sp³-hybridized carbons (Fsp3) is 0.235. The van der Waals surface area contributed by atoms with Crippen LogP contribution in [-0.2, 0) is 12.6 Å². The predicted molar refractivity (Wildman–Crippen MR) is 97.5 cm³/mol. The Bertz CT molecular complexity index is 1150. The van der Waals surface area contributed by atoms with Crippen molar-refractivity contribution >= 4 is 23.2 Å². The van der Waals surface area contributed by atoms with Gasteiger partial charge in [-0.15, -0.1) is 5.10 Å². The van der Waals surface area contributed by atoms with Gasteiger partial charge in [0.1, 0.15) is 5.82 Å². The van der Waals surface area contributed by atoms with Crippen LogP contribution in [-0.4, -0.2) is 36.3 Å². The number of hydrogen-bond donors (Lipinski definition) is 1. The van der Waals surface area contributed by atoms with Crippen molar-refractivity contribution in [3.8, 4) is 11.4 Å². The number of benzene rings is 1. The third kappa shape index (κ3) is 4.14. The lowest BCUT2D eigenvalue weighted by atomic mass is 10.2. The number of halogens is 4. The van der Waals surface area contributed by atoms with E-state index in [4.69, 9.17) is 16.1 Å². The Morgan fingerprint density at radius 3 is 2.62 bits per heavy atom. The monoisotopic (exact) mass is 423 g/mol. The van der Waals surface area contributed by atoms with Gasteiger partial charge < -0.3 is 9.84 Å². The smallest absolute Gasteiger partial charge is 0.369 e. The molecule has 8 nitrogen and oxygen atoms in total. The summed E-state index contributed by atoms with van der Waals surface area (Å²) in [5.74, 6) is -0.261. The Hall–Kier alpha value is -3.21. The van der Waals surface area contributed by atoms with Crippen LogP contribution in [0.25, 0.3) is 17.2 Å². The third-order valence-corrected chi connectivity index (χ3v) is 4.16. The number of hydrogen-bond acceptors (Lipinski definition) is 7. The van der Waals surface area contributed by atoms with Crippen molar-refractivity contribution < 1.29 is 17.7 Å². The first kappa shape index (κ1) is 19.1. The van der Waals surface area contributed by atoms with Crippen molar-refractivity contribution in [2.24, 2.45) is 0 Å². The summed E-state index contributed by atoms with van der Waals surface area (Å²) in [6.07, 6.45) is -4.30. The number of alkyl halides is 3. The van der Waals surface area contributed by atoms with Crippen LogP contribution in [0.5, 0.6) is 0 Å². The molecule has 0 saturated carbocycles. The predicted octanol–water partition coefficient (Wildman–Crippen LogP) is 3.81. The van der Waals surface area contributed by atoms with E-state index in [2.05, 4.69) is 30.5 Å². The quantitative estimate of drug-likeness (QED) is 0.521. The molecule has 0 fully saturated rings. The molecule has 4 aromatic rings. The molecule has 0 radical (unpaired) electrons. The summed E-state index contributed by atoms with van der Waals surface area (Å²) < 4.78 is 44.9. The molecule has 0 spiro atoms. The van der Waals surface area contributed by atoms with E-state index in [0.717, 1.165) is 10.1 Å². The van der Waals surface area contributed by atoms with Crippen LogP contribution < -0.4 is 5.32 Å². The number of rotatable bonds is 5. The Morgan fingerprint density at radius 2 is 1.90 bits per heavy atom. The minimum atomic E-state index is -4.65. The van der Waals surface area contributed by atoms with E-state index >= 15 is 0 Å². The van der Waals surface area contributed by atoms with Crippen LogP contribution in [0.4, 0.5) is 19.0 Å². The molecule has 150 valence electrons. The highest BCUT2D eigenvalue weighted by atomic mass is 35.5. The first-order chi connectivity index (χ1) is 13.8. The molecule has 0 amide bonds. The highest BCUT2D eigenvalue weighted by Crippen LogP contribution is 2.27. The number of nitrogens with one attached hydrogen (secondary N) is 1. The standard InChI is InChI=1S/C17H13ClF3N7O/c1-9-8-12(28-16(23-9)25-15(26-28)17(19,20)21)22-7-6-13-24-14(27-29-13)10-2-4-11(18)5-3-10/h2-5,8,22H,6-7H2,1H3. The fourth-order valence-corrected chi connectivity index (χ4v) is 2.73. The van der Waals surface area contributed by atoms with Crippen molar-refractivity contribution in [1.29, 1.82) is 0 Å². The van der Waals surface area contributed by atoms with E-state index in [9.17, 15) is 13.2 Å². The second-order valence-corrected chi connectivity index (χ2v) is 6.56. The van der Waals surface area contributed by atoms with Gasteiger partial charge in [-0.2, -0.15) is 27.7 Å². The van der Waals surface area contributed by atoms with Crippen molar-refractivity contribution in [2.45, 2.75) is 19.5 Å². The average Bonchev–Trinajstić information content (AvgIpc) is 3.29. The molecule has 0 aliphatic rings. The zero-order chi connectivity index (χ0) is 20.6. The summed E-state index contributed by atoms with van der Waals surface area (Å²) in [5.41, 5.74) is 1.26. The lowest BCUT2D eigenvalue weighted by Crippen LogP contribution is -2.11. The van der Waals surface area contributed by atoms with Gasteiger partial charge in [-0.25, -0.2) is 4.98 Å². The highest BCUT2D eigenvalue weighted by molar-refractivity contribution is 6.30. The van der Waals surface area contributed by atoms with Crippen LogP contribution in [0.15, 0.2) is 34.9 Å². The molecule has 1 aromatic carbocycles. The molecule has 0 atom stereocenters. The lowest BCUT2D eigenvalue weighted by molar-refractivity contribution is -0.144. The maximum absolute atomic E-state index is 12.9. The Morgan fingerprint density at radius 1 is 1.14 bits per heavy atom. The van der Waals surface area contributed by atoms with Crippen LogP contribution >= 0.6 is 11.6 Å². The van der Waals surface area contributed by atoms with E-state index in [0.29, 0.717) is 41.2 Å². The molecule has 29 heavy (non-hydrogen) atoms. The number of aromatic nitrogens is 6. The molecule has 4 rings (SSSR count). The van der Waals surface area contributed by atoms with E-state index in [1.54, 1.807) is 37.3 Å². The lowest BCUT2D eigenvalue weighted by Gasteiger charge is -2.07. The van der Waals surface area contributed by atoms with Crippen LogP contribution in [0.2, 0.25) is 5.02 Å². The molecule has 12 heteroatoms. The zero-order valence-corrected chi connectivity index (χ0v) is 15.7. The van der Waals surface area contributed by atoms with Crippen molar-refractivity contribution in [3.63, 3.8) is 0 Å². The van der Waals surface area contributed by atoms with Gasteiger partial charge in [0.25, 0.3) is 11.6 Å². The van der Waals surface area contributed by atoms with Crippen molar-refractivity contribution in [3.05, 3.63) is 52.8 Å². The van der Waals surface area contributed by atoms with Gasteiger partial charge in [-0.1, -0.05) is 16.8 Å². The van der Waals surface area contributed by atoms with Gasteiger partial charge in [0.05, 0.1) is 0 Å². The first-order valence-electron chi connectivity index (χ1n) is 8.43. The normalized spacial score (nSPS) is 11.9. The highest BCUT2D eigenvalue weighted by Gasteiger charge is 2.36. The van der Waals surface area contributed by atoms with Crippen LogP contribution in [0.3, 0.4) is 0 Å². The van der Waals surface area contributed by atoms with Gasteiger partial charge in [-0.3, -0.25) is 0 Å². The minimum Gasteiger partial charge on any atom is -0.369 e. The number of fused-ring (bicyclic) bond motifs is 1. The Kier molecular flexibility index (Phi) is 4.82. The molecule has 0 aliphatic carbocycles. The van der Waals surface area contributed by atoms with Gasteiger partial charge in [0.2, 0.25) is 11.7 Å². The maximum Gasteiger partial charge on any atom is 0.453 e. The summed E-state index contributed by atoms with van der Waals surface area (Å²) >= 11 is 5.86. The summed E-state index contributed by atoms with van der Waals surface area (Å²) in [4.78, 5) is 11.7. The average molecular weight is 424 g/mol. The first-order valence-corrected chi connectivity index (χ1v) is 8.81. The SMILES string of the molecule is Cc1cc(NCCc2nc(-c3ccc(Cl)cc3)no2)n2nc(C(F)(F)F)nc2n1. The van der Waals surface area contributed by atoms with Crippen molar-refractivity contribution in [2.75, 3.05) is 11.9 Å². The second kappa shape index (κ2) is 7.32. The molecule has 0 bridgehead atoms. The third-order valence-electron chi connectivity index (χ3n) is 3.91. The largest absolute Gasteiger partial charge is 0.453 e. The molecule has 1 N–H and O–H groups in total. The van der Waals surface area contributed by atoms with Crippen molar-refractivity contribution in [1.82, 2.24) is 29.7 Å². The van der Waals surface area contributed by atoms with Gasteiger partial charge >= 0.3 is 6.18 Å². The summed E-state index contributed by atoms with van der Waals surface area (Å²) in [7, 11) is 0. The molecular weight excluding hydrogens is 411 g/mol. The molecule has 0 aliphatic heterocycles. The Labute approximate surface area is 166 Å². The van der Waals surface area contributed by atoms with E-state index in [-0.39, 0.29) is 5.78 Å². The number of anilines is 1. The van der Waals surface area contributed by atoms with Gasteiger partial charge in [0, 0.05) is 35.3 Å². The molecule has 0 saturated heterocycles. The molecule has 3 heterocycles. The maximum atomic E-state index is 12.9. The van der Waals surface area contributed by atoms with Gasteiger partial charge in [-0.05, 0) is 31.2 Å². The minimum absolute atomic E-state index is 0.136. The second-order valence-electron chi connectivity index (χ2n) is 6.12. The van der Waals surface area contributed by atoms with Gasteiger partial charge in [0.15, 0.2) is 0 Å². The topological polar surface area (TPSA) is 94.0 Å². The fourth-order valence-electron chi connectivity index (χ4n) is 2.60. The number of nitrogens with zero attached hydrogens (tertiary/aromatic N) is 6. The van der Waals surface area contributed by atoms with Crippen LogP contribution in [0.1, 0.15) is 17.4 Å². The van der Waals surface area contributed by atoms with E-state index in [1.165, 1.54) is 0 Å².